The van der Waals surface area contributed by atoms with Crippen molar-refractivity contribution < 1.29 is 99.3 Å². The molecule has 3 saturated heterocycles. The quantitative estimate of drug-likeness (QED) is 0.0765. The summed E-state index contributed by atoms with van der Waals surface area (Å²) in [7, 11) is 0. The van der Waals surface area contributed by atoms with Gasteiger partial charge in [0.05, 0.1) is 30.3 Å². The van der Waals surface area contributed by atoms with Gasteiger partial charge in [0.1, 0.15) is 67.1 Å². The Bertz CT molecular complexity index is 1910. The third-order valence-corrected chi connectivity index (χ3v) is 19.7. The maximum Gasteiger partial charge on any atom is 0.335 e. The van der Waals surface area contributed by atoms with Gasteiger partial charge in [0.25, 0.3) is 0 Å². The van der Waals surface area contributed by atoms with Gasteiger partial charge in [0, 0.05) is 5.92 Å². The second kappa shape index (κ2) is 18.2. The second-order valence-electron chi connectivity index (χ2n) is 23.2. The standard InChI is InChI=1S/C48H76O20/c1-20-10-15-48(42(61)68-40-33(57)30(54)28(52)23(19-50)64-40)17-16-45(5)21(37(48)47(20,7)62)8-9-25-44(4)13-12-26(43(2,3)24(44)11-14-46(25,45)6)65-41-34(58)31(55)35(36(67-41)38(59)60)66-39-32(56)29(53)27(51)22(18-49)63-39/h8,20,22-37,39-41,49-58,62H,9-19H2,1-7H3,(H,59,60)/t20-,22-,23-,24?,25?,26+,27-,28-,29+,30+,31-,32-,33-,34-,35+,36+,37-,39+,40+,41-,44+,45-,46-,47-,48+/m1/s1. The number of aliphatic carboxylic acids is 1. The number of rotatable bonds is 9. The summed E-state index contributed by atoms with van der Waals surface area (Å²) >= 11 is 0. The Morgan fingerprint density at radius 1 is 0.662 bits per heavy atom. The summed E-state index contributed by atoms with van der Waals surface area (Å²) in [6.07, 6.45) is -18.8. The Hall–Kier alpha value is -1.96. The van der Waals surface area contributed by atoms with Crippen LogP contribution in [0.5, 0.6) is 0 Å². The van der Waals surface area contributed by atoms with Crippen molar-refractivity contribution in [3.8, 4) is 0 Å². The molecular formula is C48H76O20. The highest BCUT2D eigenvalue weighted by Gasteiger charge is 2.72. The zero-order valence-corrected chi connectivity index (χ0v) is 40.0. The van der Waals surface area contributed by atoms with Gasteiger partial charge in [0.2, 0.25) is 6.29 Å². The summed E-state index contributed by atoms with van der Waals surface area (Å²) in [6.45, 7) is 13.4. The molecule has 3 heterocycles. The minimum Gasteiger partial charge on any atom is -0.479 e. The number of carboxylic acid groups (broad SMARTS) is 1. The maximum atomic E-state index is 14.7. The summed E-state index contributed by atoms with van der Waals surface area (Å²) < 4.78 is 34.9. The van der Waals surface area contributed by atoms with Crippen LogP contribution in [0.4, 0.5) is 0 Å². The predicted molar refractivity (Wildman–Crippen MR) is 232 cm³/mol. The number of esters is 1. The number of allylic oxidation sites excluding steroid dienone is 1. The van der Waals surface area contributed by atoms with E-state index in [1.165, 1.54) is 0 Å². The van der Waals surface area contributed by atoms with Crippen LogP contribution in [0.15, 0.2) is 11.6 Å². The highest BCUT2D eigenvalue weighted by Crippen LogP contribution is 2.76. The molecule has 0 aromatic rings. The number of carboxylic acids is 1. The third-order valence-electron chi connectivity index (χ3n) is 19.7. The molecule has 0 amide bonds. The van der Waals surface area contributed by atoms with Crippen LogP contribution in [-0.2, 0) is 38.0 Å². The van der Waals surface area contributed by atoms with Crippen molar-refractivity contribution in [3.63, 3.8) is 0 Å². The molecule has 2 unspecified atom stereocenters. The van der Waals surface area contributed by atoms with E-state index in [0.717, 1.165) is 18.4 Å². The van der Waals surface area contributed by atoms with Crippen LogP contribution in [0, 0.1) is 50.7 Å². The van der Waals surface area contributed by atoms with Gasteiger partial charge in [-0.05, 0) is 104 Å². The molecule has 0 radical (unpaired) electrons. The maximum absolute atomic E-state index is 14.7. The van der Waals surface area contributed by atoms with Crippen LogP contribution in [0.2, 0.25) is 0 Å². The Kier molecular flexibility index (Phi) is 14.0. The number of hydrogen-bond acceptors (Lipinski definition) is 19. The lowest BCUT2D eigenvalue weighted by Gasteiger charge is -2.72. The molecule has 5 aliphatic carbocycles. The number of hydrogen-bond donors (Lipinski definition) is 12. The van der Waals surface area contributed by atoms with E-state index in [1.54, 1.807) is 6.92 Å². The second-order valence-corrected chi connectivity index (χ2v) is 23.2. The first-order valence-corrected chi connectivity index (χ1v) is 24.5. The van der Waals surface area contributed by atoms with Gasteiger partial charge >= 0.3 is 11.9 Å². The van der Waals surface area contributed by atoms with Crippen molar-refractivity contribution in [2.45, 2.75) is 210 Å². The Morgan fingerprint density at radius 3 is 1.84 bits per heavy atom. The first-order chi connectivity index (χ1) is 31.7. The molecular weight excluding hydrogens is 897 g/mol. The lowest BCUT2D eigenvalue weighted by molar-refractivity contribution is -0.363. The predicted octanol–water partition coefficient (Wildman–Crippen LogP) is -0.796. The molecule has 388 valence electrons. The van der Waals surface area contributed by atoms with Gasteiger partial charge in [-0.1, -0.05) is 53.2 Å². The van der Waals surface area contributed by atoms with Gasteiger partial charge < -0.3 is 89.7 Å². The van der Waals surface area contributed by atoms with Crippen molar-refractivity contribution in [2.24, 2.45) is 50.7 Å². The molecule has 8 aliphatic rings. The Labute approximate surface area is 396 Å². The van der Waals surface area contributed by atoms with Crippen LogP contribution in [0.25, 0.3) is 0 Å². The average Bonchev–Trinajstić information content (AvgIpc) is 3.28. The summed E-state index contributed by atoms with van der Waals surface area (Å²) in [4.78, 5) is 27.3. The molecule has 12 N–H and O–H groups in total. The minimum atomic E-state index is -1.93. The molecule has 3 aliphatic heterocycles. The molecule has 0 aromatic carbocycles. The largest absolute Gasteiger partial charge is 0.479 e. The summed E-state index contributed by atoms with van der Waals surface area (Å²) in [5, 5.41) is 128. The van der Waals surface area contributed by atoms with Crippen molar-refractivity contribution in [1.29, 1.82) is 0 Å². The third kappa shape index (κ3) is 7.76. The first kappa shape index (κ1) is 52.4. The fourth-order valence-electron chi connectivity index (χ4n) is 15.2. The van der Waals surface area contributed by atoms with E-state index < -0.39 is 151 Å². The fraction of sp³-hybridized carbons (Fsp3) is 0.917. The smallest absolute Gasteiger partial charge is 0.335 e. The highest BCUT2D eigenvalue weighted by atomic mass is 16.7. The molecule has 68 heavy (non-hydrogen) atoms. The van der Waals surface area contributed by atoms with Crippen LogP contribution < -0.4 is 0 Å². The molecule has 8 rings (SSSR count). The van der Waals surface area contributed by atoms with E-state index >= 15 is 0 Å². The molecule has 0 bridgehead atoms. The van der Waals surface area contributed by atoms with E-state index in [1.807, 2.05) is 6.92 Å². The zero-order valence-electron chi connectivity index (χ0n) is 40.0. The van der Waals surface area contributed by atoms with Crippen LogP contribution >= 0.6 is 0 Å². The van der Waals surface area contributed by atoms with Crippen molar-refractivity contribution >= 4 is 11.9 Å². The SMILES string of the molecule is C[C@@H]1CC[C@]2(C(=O)O[C@@H]3O[C@H](CO)[C@@H](O)[C@H](O)[C@H]3O)CC[C@]3(C)C(=CCC4[C@@]5(C)CC[C@H](O[C@@H]6O[C@H](C(=O)O)[C@@H](O[C@@H]7O[C@H](CO)[C@@H](O)[C@H](O)[C@H]7O)[C@H](O)[C@H]6O)C(C)(C)C5CC[C@]43C)[C@@H]2[C@]1(C)O. The van der Waals surface area contributed by atoms with Crippen LogP contribution in [-0.4, -0.2) is 190 Å². The van der Waals surface area contributed by atoms with Gasteiger partial charge in [-0.3, -0.25) is 4.79 Å². The Balaban J connectivity index is 1.02. The molecule has 25 atom stereocenters. The molecule has 4 saturated carbocycles. The summed E-state index contributed by atoms with van der Waals surface area (Å²) in [5.41, 5.74) is -3.16. The minimum absolute atomic E-state index is 0.0579. The van der Waals surface area contributed by atoms with Crippen molar-refractivity contribution in [3.05, 3.63) is 11.6 Å². The van der Waals surface area contributed by atoms with Crippen molar-refractivity contribution in [1.82, 2.24) is 0 Å². The monoisotopic (exact) mass is 972 g/mol. The Morgan fingerprint density at radius 2 is 1.24 bits per heavy atom. The molecule has 0 spiro atoms. The topological polar surface area (TPSA) is 332 Å². The highest BCUT2D eigenvalue weighted by molar-refractivity contribution is 5.79. The molecule has 20 heteroatoms. The van der Waals surface area contributed by atoms with Gasteiger partial charge in [-0.15, -0.1) is 0 Å². The van der Waals surface area contributed by atoms with E-state index in [-0.39, 0.29) is 28.6 Å². The molecule has 0 aromatic heterocycles. The van der Waals surface area contributed by atoms with Crippen molar-refractivity contribution in [2.75, 3.05) is 13.2 Å². The number of ether oxygens (including phenoxy) is 6. The van der Waals surface area contributed by atoms with Crippen LogP contribution in [0.3, 0.4) is 0 Å². The van der Waals surface area contributed by atoms with Gasteiger partial charge in [-0.25, -0.2) is 4.79 Å². The number of carbonyl (C=O) groups excluding carboxylic acids is 1. The van der Waals surface area contributed by atoms with E-state index in [0.29, 0.717) is 44.9 Å². The van der Waals surface area contributed by atoms with E-state index in [9.17, 15) is 70.9 Å². The number of aliphatic hydroxyl groups is 11. The first-order valence-electron chi connectivity index (χ1n) is 24.5. The zero-order chi connectivity index (χ0) is 50.0. The number of carbonyl (C=O) groups is 2. The van der Waals surface area contributed by atoms with E-state index in [2.05, 4.69) is 40.7 Å². The number of aliphatic hydroxyl groups excluding tert-OH is 10. The molecule has 20 nitrogen and oxygen atoms in total. The van der Waals surface area contributed by atoms with E-state index in [4.69, 9.17) is 28.4 Å². The fourth-order valence-corrected chi connectivity index (χ4v) is 15.2. The summed E-state index contributed by atoms with van der Waals surface area (Å²) in [5.74, 6) is -2.89. The van der Waals surface area contributed by atoms with Gasteiger partial charge in [0.15, 0.2) is 18.7 Å². The average molecular weight is 973 g/mol. The van der Waals surface area contributed by atoms with Gasteiger partial charge in [-0.2, -0.15) is 0 Å². The number of fused-ring (bicyclic) bond motifs is 7. The normalized spacial score (nSPS) is 54.5. The van der Waals surface area contributed by atoms with Crippen LogP contribution in [0.1, 0.15) is 106 Å². The summed E-state index contributed by atoms with van der Waals surface area (Å²) in [6, 6.07) is 0. The lowest BCUT2D eigenvalue weighted by Crippen LogP contribution is -2.68. The molecule has 7 fully saturated rings. The lowest BCUT2D eigenvalue weighted by atomic mass is 9.33.